The Bertz CT molecular complexity index is 1580. The van der Waals surface area contributed by atoms with Gasteiger partial charge < -0.3 is 5.32 Å². The maximum absolute atomic E-state index is 4.84. The Balaban J connectivity index is 1.60. The molecule has 34 heavy (non-hydrogen) atoms. The van der Waals surface area contributed by atoms with Crippen LogP contribution < -0.4 is 5.32 Å². The smallest absolute Gasteiger partial charge is 0.208 e. The van der Waals surface area contributed by atoms with Crippen LogP contribution in [0.1, 0.15) is 48.4 Å². The molecule has 1 unspecified atom stereocenters. The maximum Gasteiger partial charge on any atom is 0.208 e. The second-order valence-corrected chi connectivity index (χ2v) is 9.21. The van der Waals surface area contributed by atoms with Crippen LogP contribution >= 0.6 is 0 Å². The predicted molar refractivity (Wildman–Crippen MR) is 144 cm³/mol. The number of benzene rings is 3. The van der Waals surface area contributed by atoms with Gasteiger partial charge in [-0.15, -0.1) is 0 Å². The van der Waals surface area contributed by atoms with E-state index >= 15 is 0 Å². The van der Waals surface area contributed by atoms with Crippen molar-refractivity contribution >= 4 is 33.3 Å². The number of aliphatic imine (C=N–C) groups is 1. The van der Waals surface area contributed by atoms with E-state index in [4.69, 9.17) is 4.99 Å². The van der Waals surface area contributed by atoms with E-state index < -0.39 is 0 Å². The van der Waals surface area contributed by atoms with Gasteiger partial charge in [0.05, 0.1) is 16.7 Å². The lowest BCUT2D eigenvalue weighted by Gasteiger charge is -2.14. The number of rotatable bonds is 3. The molecule has 1 N–H and O–H groups in total. The summed E-state index contributed by atoms with van der Waals surface area (Å²) in [6.45, 7) is 8.61. The fourth-order valence-corrected chi connectivity index (χ4v) is 5.85. The third-order valence-electron chi connectivity index (χ3n) is 7.35. The van der Waals surface area contributed by atoms with Crippen molar-refractivity contribution in [2.75, 3.05) is 7.05 Å². The van der Waals surface area contributed by atoms with Gasteiger partial charge in [0.1, 0.15) is 0 Å². The molecule has 3 heteroatoms. The summed E-state index contributed by atoms with van der Waals surface area (Å²) in [5.74, 6) is 1.25. The molecule has 3 nitrogen and oxygen atoms in total. The van der Waals surface area contributed by atoms with Gasteiger partial charge in [0.15, 0.2) is 0 Å². The van der Waals surface area contributed by atoms with E-state index in [1.165, 1.54) is 44.1 Å². The van der Waals surface area contributed by atoms with E-state index in [2.05, 4.69) is 97.0 Å². The summed E-state index contributed by atoms with van der Waals surface area (Å²) in [4.78, 5) is 4.84. The first-order valence-corrected chi connectivity index (χ1v) is 12.1. The largest absolute Gasteiger partial charge is 0.358 e. The van der Waals surface area contributed by atoms with E-state index in [1.54, 1.807) is 5.57 Å². The van der Waals surface area contributed by atoms with Crippen LogP contribution in [0.15, 0.2) is 95.7 Å². The minimum Gasteiger partial charge on any atom is -0.358 e. The molecule has 1 atom stereocenters. The normalized spacial score (nSPS) is 17.0. The molecular weight excluding hydrogens is 414 g/mol. The molecule has 1 heterocycles. The van der Waals surface area contributed by atoms with Crippen molar-refractivity contribution in [1.82, 2.24) is 9.88 Å². The molecule has 2 aliphatic carbocycles. The number of hydrogen-bond acceptors (Lipinski definition) is 1. The summed E-state index contributed by atoms with van der Waals surface area (Å²) in [7, 11) is 1.93. The molecule has 0 aliphatic heterocycles. The lowest BCUT2D eigenvalue weighted by molar-refractivity contribution is 0.886. The van der Waals surface area contributed by atoms with Gasteiger partial charge in [0, 0.05) is 23.7 Å². The van der Waals surface area contributed by atoms with Crippen LogP contribution in [0.25, 0.3) is 27.4 Å². The van der Waals surface area contributed by atoms with Crippen LogP contribution in [-0.4, -0.2) is 17.6 Å². The molecule has 4 aromatic rings. The van der Waals surface area contributed by atoms with Crippen molar-refractivity contribution in [2.24, 2.45) is 4.99 Å². The van der Waals surface area contributed by atoms with Gasteiger partial charge in [-0.2, -0.15) is 0 Å². The molecule has 1 aromatic heterocycles. The molecule has 6 rings (SSSR count). The summed E-state index contributed by atoms with van der Waals surface area (Å²) in [6, 6.07) is 22.2. The number of nitrogens with one attached hydrogen (secondary N) is 1. The Morgan fingerprint density at radius 3 is 2.68 bits per heavy atom. The molecule has 0 saturated heterocycles. The summed E-state index contributed by atoms with van der Waals surface area (Å²) < 4.78 is 2.25. The topological polar surface area (TPSA) is 29.3 Å². The summed E-state index contributed by atoms with van der Waals surface area (Å²) in [5.41, 5.74) is 11.8. The van der Waals surface area contributed by atoms with E-state index in [-0.39, 0.29) is 0 Å². The van der Waals surface area contributed by atoms with Crippen LogP contribution in [-0.2, 0) is 6.42 Å². The second kappa shape index (κ2) is 7.88. The summed E-state index contributed by atoms with van der Waals surface area (Å²) >= 11 is 0. The van der Waals surface area contributed by atoms with E-state index in [1.807, 2.05) is 13.1 Å². The van der Waals surface area contributed by atoms with E-state index in [0.29, 0.717) is 5.92 Å². The van der Waals surface area contributed by atoms with Gasteiger partial charge >= 0.3 is 0 Å². The number of aromatic nitrogens is 1. The fraction of sp³-hybridized carbons (Fsp3) is 0.194. The molecule has 3 aromatic carbocycles. The summed E-state index contributed by atoms with van der Waals surface area (Å²) in [6.07, 6.45) is 6.04. The van der Waals surface area contributed by atoms with Gasteiger partial charge in [0.25, 0.3) is 0 Å². The Kier molecular flexibility index (Phi) is 4.80. The Morgan fingerprint density at radius 2 is 1.85 bits per heavy atom. The highest BCUT2D eigenvalue weighted by molar-refractivity contribution is 6.17. The number of hydrogen-bond donors (Lipinski definition) is 1. The van der Waals surface area contributed by atoms with Gasteiger partial charge in [-0.05, 0) is 58.9 Å². The molecule has 0 bridgehead atoms. The molecule has 0 saturated carbocycles. The van der Waals surface area contributed by atoms with E-state index in [9.17, 15) is 0 Å². The first-order chi connectivity index (χ1) is 16.6. The highest BCUT2D eigenvalue weighted by Gasteiger charge is 2.35. The van der Waals surface area contributed by atoms with Crippen molar-refractivity contribution in [3.8, 4) is 0 Å². The monoisotopic (exact) mass is 443 g/mol. The molecule has 168 valence electrons. The average molecular weight is 444 g/mol. The first kappa shape index (κ1) is 20.7. The van der Waals surface area contributed by atoms with Crippen LogP contribution in [0.5, 0.6) is 0 Å². The van der Waals surface area contributed by atoms with Crippen molar-refractivity contribution < 1.29 is 0 Å². The molecule has 0 spiro atoms. The lowest BCUT2D eigenvalue weighted by atomic mass is 9.91. The molecule has 0 fully saturated rings. The quantitative estimate of drug-likeness (QED) is 0.203. The van der Waals surface area contributed by atoms with Crippen molar-refractivity contribution in [3.05, 3.63) is 113 Å². The second-order valence-electron chi connectivity index (χ2n) is 9.21. The van der Waals surface area contributed by atoms with Crippen LogP contribution in [0.4, 0.5) is 0 Å². The van der Waals surface area contributed by atoms with Gasteiger partial charge in [-0.1, -0.05) is 80.6 Å². The van der Waals surface area contributed by atoms with Crippen molar-refractivity contribution in [2.45, 2.75) is 32.6 Å². The SMILES string of the molecule is C=C(/C=C\CC)/N=C(\NC)n1c2ccccc2c2c3c(ccc21)C1=C(C3)C(C)c2ccccc21. The first-order valence-electron chi connectivity index (χ1n) is 12.1. The van der Waals surface area contributed by atoms with Gasteiger partial charge in [-0.25, -0.2) is 4.99 Å². The number of para-hydroxylation sites is 1. The van der Waals surface area contributed by atoms with E-state index in [0.717, 1.165) is 30.0 Å². The Morgan fingerprint density at radius 1 is 1.06 bits per heavy atom. The van der Waals surface area contributed by atoms with Crippen LogP contribution in [0, 0.1) is 0 Å². The van der Waals surface area contributed by atoms with Crippen molar-refractivity contribution in [1.29, 1.82) is 0 Å². The van der Waals surface area contributed by atoms with Crippen LogP contribution in [0.3, 0.4) is 0 Å². The fourth-order valence-electron chi connectivity index (χ4n) is 5.85. The predicted octanol–water partition coefficient (Wildman–Crippen LogP) is 7.17. The molecule has 0 radical (unpaired) electrons. The number of fused-ring (bicyclic) bond motifs is 8. The minimum atomic E-state index is 0.463. The summed E-state index contributed by atoms with van der Waals surface area (Å²) in [5, 5.41) is 5.94. The zero-order chi connectivity index (χ0) is 23.4. The van der Waals surface area contributed by atoms with Gasteiger partial charge in [0.2, 0.25) is 5.96 Å². The lowest BCUT2D eigenvalue weighted by Crippen LogP contribution is -2.26. The zero-order valence-corrected chi connectivity index (χ0v) is 20.0. The molecule has 0 amide bonds. The number of nitrogens with zero attached hydrogens (tertiary/aromatic N) is 2. The third-order valence-corrected chi connectivity index (χ3v) is 7.35. The Hall–Kier alpha value is -3.85. The van der Waals surface area contributed by atoms with Gasteiger partial charge in [-0.3, -0.25) is 4.57 Å². The average Bonchev–Trinajstić information content (AvgIpc) is 3.49. The minimum absolute atomic E-state index is 0.463. The Labute approximate surface area is 200 Å². The highest BCUT2D eigenvalue weighted by atomic mass is 15.2. The highest BCUT2D eigenvalue weighted by Crippen LogP contribution is 2.53. The number of allylic oxidation sites excluding steroid dienone is 3. The molecular formula is C31H29N3. The standard InChI is InChI=1S/C31H29N3/c1-5-6-11-19(2)33-31(32-4)34-27-15-10-9-14-24(27)30-26-18-25-20(3)21-12-7-8-13-22(21)29(25)23(26)16-17-28(30)34/h6-17,20H,2,5,18H2,1,3-4H3,(H,32,33)/b11-6-. The maximum atomic E-state index is 4.84. The zero-order valence-electron chi connectivity index (χ0n) is 20.0. The van der Waals surface area contributed by atoms with Crippen molar-refractivity contribution in [3.63, 3.8) is 0 Å². The third kappa shape index (κ3) is 2.86. The molecule has 2 aliphatic rings. The van der Waals surface area contributed by atoms with Crippen LogP contribution in [0.2, 0.25) is 0 Å².